The van der Waals surface area contributed by atoms with Crippen LogP contribution in [0.1, 0.15) is 58.9 Å². The van der Waals surface area contributed by atoms with Crippen molar-refractivity contribution in [1.29, 1.82) is 0 Å². The minimum absolute atomic E-state index is 0.317. The molecule has 0 spiro atoms. The maximum absolute atomic E-state index is 11.9. The van der Waals surface area contributed by atoms with Crippen molar-refractivity contribution in [3.05, 3.63) is 46.7 Å². The molecule has 2 aromatic rings. The molecule has 0 amide bonds. The first-order valence-electron chi connectivity index (χ1n) is 8.27. The normalized spacial score (nSPS) is 13.6. The number of anilines is 1. The number of rotatable bonds is 6. The van der Waals surface area contributed by atoms with Gasteiger partial charge >= 0.3 is 5.97 Å². The van der Waals surface area contributed by atoms with Crippen LogP contribution in [0.15, 0.2) is 18.2 Å². The Morgan fingerprint density at radius 3 is 2.71 bits per heavy atom. The number of hydrogen-bond acceptors (Lipinski definition) is 6. The van der Waals surface area contributed by atoms with Crippen LogP contribution < -0.4 is 5.32 Å². The van der Waals surface area contributed by atoms with E-state index in [0.29, 0.717) is 18.0 Å². The summed E-state index contributed by atoms with van der Waals surface area (Å²) in [6.07, 6.45) is 3.04. The molecular formula is C18H22N4O2. The standard InChI is InChI=1S/C18H22N4O2/c1-4-13-9-16(21-11(2)20-13)19-10-14-7-8-15(18(23)24-3)17(22-14)12-5-6-12/h7-9,12H,4-6,10H2,1-3H3,(H,19,20,21). The molecule has 1 aliphatic carbocycles. The van der Waals surface area contributed by atoms with Crippen molar-refractivity contribution in [1.82, 2.24) is 15.0 Å². The summed E-state index contributed by atoms with van der Waals surface area (Å²) in [4.78, 5) is 25.3. The van der Waals surface area contributed by atoms with Crippen LogP contribution in [0.2, 0.25) is 0 Å². The van der Waals surface area contributed by atoms with Crippen molar-refractivity contribution in [3.63, 3.8) is 0 Å². The summed E-state index contributed by atoms with van der Waals surface area (Å²) in [7, 11) is 1.40. The van der Waals surface area contributed by atoms with Gasteiger partial charge in [0.15, 0.2) is 0 Å². The van der Waals surface area contributed by atoms with Crippen molar-refractivity contribution < 1.29 is 9.53 Å². The van der Waals surface area contributed by atoms with Crippen molar-refractivity contribution in [2.24, 2.45) is 0 Å². The van der Waals surface area contributed by atoms with Gasteiger partial charge in [0.05, 0.1) is 30.6 Å². The summed E-state index contributed by atoms with van der Waals surface area (Å²) < 4.78 is 4.85. The van der Waals surface area contributed by atoms with Crippen LogP contribution in [-0.4, -0.2) is 28.0 Å². The van der Waals surface area contributed by atoms with Crippen LogP contribution in [0.5, 0.6) is 0 Å². The highest BCUT2D eigenvalue weighted by atomic mass is 16.5. The summed E-state index contributed by atoms with van der Waals surface area (Å²) in [5.41, 5.74) is 3.33. The van der Waals surface area contributed by atoms with Crippen molar-refractivity contribution in [2.45, 2.75) is 45.6 Å². The molecule has 2 aromatic heterocycles. The number of ether oxygens (including phenoxy) is 1. The summed E-state index contributed by atoms with van der Waals surface area (Å²) in [6.45, 7) is 4.51. The fourth-order valence-electron chi connectivity index (χ4n) is 2.65. The van der Waals surface area contributed by atoms with E-state index >= 15 is 0 Å². The number of methoxy groups -OCH3 is 1. The minimum atomic E-state index is -0.317. The zero-order valence-electron chi connectivity index (χ0n) is 14.3. The zero-order valence-corrected chi connectivity index (χ0v) is 14.3. The lowest BCUT2D eigenvalue weighted by Crippen LogP contribution is -2.11. The third-order valence-electron chi connectivity index (χ3n) is 4.06. The average molecular weight is 326 g/mol. The molecule has 6 heteroatoms. The number of carbonyl (C=O) groups is 1. The third kappa shape index (κ3) is 3.69. The molecule has 24 heavy (non-hydrogen) atoms. The molecule has 0 unspecified atom stereocenters. The second-order valence-electron chi connectivity index (χ2n) is 6.00. The fraction of sp³-hybridized carbons (Fsp3) is 0.444. The Labute approximate surface area is 141 Å². The number of nitrogens with one attached hydrogen (secondary N) is 1. The van der Waals surface area contributed by atoms with E-state index in [1.165, 1.54) is 7.11 Å². The Morgan fingerprint density at radius 1 is 1.25 bits per heavy atom. The predicted octanol–water partition coefficient (Wildman–Crippen LogP) is 3.02. The molecule has 0 aliphatic heterocycles. The van der Waals surface area contributed by atoms with Gasteiger partial charge in [-0.25, -0.2) is 14.8 Å². The zero-order chi connectivity index (χ0) is 17.1. The fourth-order valence-corrected chi connectivity index (χ4v) is 2.65. The Morgan fingerprint density at radius 2 is 2.04 bits per heavy atom. The molecule has 0 atom stereocenters. The molecule has 0 aromatic carbocycles. The lowest BCUT2D eigenvalue weighted by Gasteiger charge is -2.11. The molecule has 0 radical (unpaired) electrons. The number of aryl methyl sites for hydroxylation is 2. The first-order valence-corrected chi connectivity index (χ1v) is 8.27. The number of nitrogens with zero attached hydrogens (tertiary/aromatic N) is 3. The van der Waals surface area contributed by atoms with Gasteiger partial charge in [0.1, 0.15) is 11.6 Å². The van der Waals surface area contributed by atoms with Crippen molar-refractivity contribution in [3.8, 4) is 0 Å². The Bertz CT molecular complexity index is 757. The van der Waals surface area contributed by atoms with E-state index in [1.807, 2.05) is 25.1 Å². The monoisotopic (exact) mass is 326 g/mol. The number of hydrogen-bond donors (Lipinski definition) is 1. The summed E-state index contributed by atoms with van der Waals surface area (Å²) in [5.74, 6) is 1.62. The SMILES string of the molecule is CCc1cc(NCc2ccc(C(=O)OC)c(C3CC3)n2)nc(C)n1. The van der Waals surface area contributed by atoms with Crippen LogP contribution in [0.25, 0.3) is 0 Å². The van der Waals surface area contributed by atoms with E-state index in [-0.39, 0.29) is 5.97 Å². The van der Waals surface area contributed by atoms with Crippen LogP contribution >= 0.6 is 0 Å². The number of esters is 1. The van der Waals surface area contributed by atoms with Crippen LogP contribution in [-0.2, 0) is 17.7 Å². The Hall–Kier alpha value is -2.50. The summed E-state index contributed by atoms with van der Waals surface area (Å²) in [5, 5.41) is 3.30. The molecule has 1 saturated carbocycles. The molecular weight excluding hydrogens is 304 g/mol. The quantitative estimate of drug-likeness (QED) is 0.822. The first-order chi connectivity index (χ1) is 11.6. The van der Waals surface area contributed by atoms with Crippen molar-refractivity contribution >= 4 is 11.8 Å². The summed E-state index contributed by atoms with van der Waals surface area (Å²) >= 11 is 0. The predicted molar refractivity (Wildman–Crippen MR) is 91.0 cm³/mol. The number of aromatic nitrogens is 3. The molecule has 1 fully saturated rings. The lowest BCUT2D eigenvalue weighted by molar-refractivity contribution is 0.0598. The molecule has 1 N–H and O–H groups in total. The van der Waals surface area contributed by atoms with Gasteiger partial charge in [0.2, 0.25) is 0 Å². The van der Waals surface area contributed by atoms with Gasteiger partial charge < -0.3 is 10.1 Å². The summed E-state index contributed by atoms with van der Waals surface area (Å²) in [6, 6.07) is 5.63. The third-order valence-corrected chi connectivity index (χ3v) is 4.06. The smallest absolute Gasteiger partial charge is 0.339 e. The molecule has 2 heterocycles. The van der Waals surface area contributed by atoms with Crippen LogP contribution in [0, 0.1) is 6.92 Å². The van der Waals surface area contributed by atoms with Gasteiger partial charge in [-0.2, -0.15) is 0 Å². The minimum Gasteiger partial charge on any atom is -0.465 e. The molecule has 0 bridgehead atoms. The van der Waals surface area contributed by atoms with E-state index in [9.17, 15) is 4.79 Å². The number of pyridine rings is 1. The van der Waals surface area contributed by atoms with E-state index in [4.69, 9.17) is 4.74 Å². The van der Waals surface area contributed by atoms with Gasteiger partial charge in [-0.15, -0.1) is 0 Å². The first kappa shape index (κ1) is 16.4. The largest absolute Gasteiger partial charge is 0.465 e. The van der Waals surface area contributed by atoms with E-state index in [0.717, 1.165) is 48.0 Å². The van der Waals surface area contributed by atoms with Gasteiger partial charge in [-0.1, -0.05) is 6.92 Å². The lowest BCUT2D eigenvalue weighted by atomic mass is 10.1. The second kappa shape index (κ2) is 6.95. The highest BCUT2D eigenvalue weighted by Gasteiger charge is 2.30. The molecule has 126 valence electrons. The Kier molecular flexibility index (Phi) is 4.74. The van der Waals surface area contributed by atoms with E-state index < -0.39 is 0 Å². The van der Waals surface area contributed by atoms with E-state index in [2.05, 4.69) is 27.2 Å². The highest BCUT2D eigenvalue weighted by molar-refractivity contribution is 5.90. The van der Waals surface area contributed by atoms with Gasteiger partial charge in [0.25, 0.3) is 0 Å². The average Bonchev–Trinajstić information content (AvgIpc) is 3.43. The second-order valence-corrected chi connectivity index (χ2v) is 6.00. The van der Waals surface area contributed by atoms with E-state index in [1.54, 1.807) is 0 Å². The maximum Gasteiger partial charge on any atom is 0.339 e. The van der Waals surface area contributed by atoms with Gasteiger partial charge in [0, 0.05) is 17.7 Å². The number of carbonyl (C=O) groups excluding carboxylic acids is 1. The van der Waals surface area contributed by atoms with Gasteiger partial charge in [-0.3, -0.25) is 4.98 Å². The van der Waals surface area contributed by atoms with Crippen molar-refractivity contribution in [2.75, 3.05) is 12.4 Å². The molecule has 0 saturated heterocycles. The molecule has 6 nitrogen and oxygen atoms in total. The van der Waals surface area contributed by atoms with Crippen LogP contribution in [0.4, 0.5) is 5.82 Å². The molecule has 1 aliphatic rings. The topological polar surface area (TPSA) is 77.0 Å². The van der Waals surface area contributed by atoms with Gasteiger partial charge in [-0.05, 0) is 38.3 Å². The highest BCUT2D eigenvalue weighted by Crippen LogP contribution is 2.40. The van der Waals surface area contributed by atoms with Crippen LogP contribution in [0.3, 0.4) is 0 Å². The molecule has 3 rings (SSSR count). The maximum atomic E-state index is 11.9. The Balaban J connectivity index is 1.77.